The Balaban J connectivity index is 2.07. The Bertz CT molecular complexity index is 543. The van der Waals surface area contributed by atoms with Crippen molar-refractivity contribution in [2.24, 2.45) is 5.41 Å². The van der Waals surface area contributed by atoms with Gasteiger partial charge in [-0.25, -0.2) is 0 Å². The molecular formula is C14H16ClNO3S. The van der Waals surface area contributed by atoms with Gasteiger partial charge in [0.1, 0.15) is 0 Å². The molecule has 6 heteroatoms. The van der Waals surface area contributed by atoms with Gasteiger partial charge in [-0.2, -0.15) is 0 Å². The summed E-state index contributed by atoms with van der Waals surface area (Å²) in [5.74, 6) is -1.16. The fraction of sp³-hybridized carbons (Fsp3) is 0.429. The van der Waals surface area contributed by atoms with Crippen molar-refractivity contribution < 1.29 is 14.7 Å². The normalized spacial score (nSPS) is 16.3. The molecule has 1 aliphatic rings. The number of hydrogen-bond donors (Lipinski definition) is 2. The fourth-order valence-corrected chi connectivity index (χ4v) is 2.86. The minimum Gasteiger partial charge on any atom is -0.481 e. The number of amides is 1. The summed E-state index contributed by atoms with van der Waals surface area (Å²) in [6.45, 7) is 0.154. The molecule has 1 saturated carbocycles. The van der Waals surface area contributed by atoms with E-state index >= 15 is 0 Å². The third kappa shape index (κ3) is 2.94. The third-order valence-electron chi connectivity index (χ3n) is 3.77. The van der Waals surface area contributed by atoms with E-state index in [2.05, 4.69) is 5.32 Å². The van der Waals surface area contributed by atoms with Gasteiger partial charge in [0.05, 0.1) is 16.0 Å². The highest BCUT2D eigenvalue weighted by molar-refractivity contribution is 7.98. The molecule has 0 bridgehead atoms. The summed E-state index contributed by atoms with van der Waals surface area (Å²) >= 11 is 7.54. The quantitative estimate of drug-likeness (QED) is 0.820. The highest BCUT2D eigenvalue weighted by atomic mass is 35.5. The summed E-state index contributed by atoms with van der Waals surface area (Å²) in [6, 6.07) is 5.24. The Labute approximate surface area is 126 Å². The van der Waals surface area contributed by atoms with Crippen molar-refractivity contribution in [1.29, 1.82) is 0 Å². The standard InChI is InChI=1S/C14H16ClNO3S/c1-20-9-3-4-11(15)10(7-9)12(17)16-8-14(13(18)19)5-2-6-14/h3-4,7H,2,5-6,8H2,1H3,(H,16,17)(H,18,19). The first-order valence-corrected chi connectivity index (χ1v) is 7.94. The van der Waals surface area contributed by atoms with Gasteiger partial charge >= 0.3 is 5.97 Å². The predicted molar refractivity (Wildman–Crippen MR) is 79.5 cm³/mol. The van der Waals surface area contributed by atoms with Gasteiger partial charge in [-0.1, -0.05) is 18.0 Å². The van der Waals surface area contributed by atoms with Crippen molar-refractivity contribution in [3.8, 4) is 0 Å². The summed E-state index contributed by atoms with van der Waals surface area (Å²) in [5, 5.41) is 12.3. The summed E-state index contributed by atoms with van der Waals surface area (Å²) in [5.41, 5.74) is -0.405. The molecule has 0 unspecified atom stereocenters. The summed E-state index contributed by atoms with van der Waals surface area (Å²) in [7, 11) is 0. The summed E-state index contributed by atoms with van der Waals surface area (Å²) < 4.78 is 0. The van der Waals surface area contributed by atoms with E-state index in [-0.39, 0.29) is 12.5 Å². The van der Waals surface area contributed by atoms with E-state index < -0.39 is 11.4 Å². The minimum absolute atomic E-state index is 0.154. The monoisotopic (exact) mass is 313 g/mol. The Morgan fingerprint density at radius 2 is 2.15 bits per heavy atom. The Morgan fingerprint density at radius 1 is 1.45 bits per heavy atom. The second kappa shape index (κ2) is 6.06. The highest BCUT2D eigenvalue weighted by Gasteiger charge is 2.44. The first kappa shape index (κ1) is 15.2. The topological polar surface area (TPSA) is 66.4 Å². The molecular weight excluding hydrogens is 298 g/mol. The van der Waals surface area contributed by atoms with Gasteiger partial charge in [-0.05, 0) is 37.3 Å². The van der Waals surface area contributed by atoms with Crippen molar-refractivity contribution in [1.82, 2.24) is 5.32 Å². The van der Waals surface area contributed by atoms with Gasteiger partial charge in [-0.3, -0.25) is 9.59 Å². The number of aliphatic carboxylic acids is 1. The molecule has 0 aromatic heterocycles. The Morgan fingerprint density at radius 3 is 2.65 bits per heavy atom. The number of hydrogen-bond acceptors (Lipinski definition) is 3. The zero-order valence-electron chi connectivity index (χ0n) is 11.1. The number of carboxylic acid groups (broad SMARTS) is 1. The van der Waals surface area contributed by atoms with Gasteiger partial charge < -0.3 is 10.4 Å². The molecule has 4 nitrogen and oxygen atoms in total. The molecule has 108 valence electrons. The van der Waals surface area contributed by atoms with Crippen LogP contribution < -0.4 is 5.32 Å². The Hall–Kier alpha value is -1.20. The second-order valence-corrected chi connectivity index (χ2v) is 6.25. The first-order valence-electron chi connectivity index (χ1n) is 6.34. The zero-order chi connectivity index (χ0) is 14.8. The van der Waals surface area contributed by atoms with E-state index in [1.54, 1.807) is 12.1 Å². The number of halogens is 1. The van der Waals surface area contributed by atoms with Gasteiger partial charge in [0.25, 0.3) is 5.91 Å². The Kier molecular flexibility index (Phi) is 4.60. The van der Waals surface area contributed by atoms with E-state index in [1.165, 1.54) is 11.8 Å². The van der Waals surface area contributed by atoms with Crippen molar-refractivity contribution in [3.63, 3.8) is 0 Å². The minimum atomic E-state index is -0.840. The zero-order valence-corrected chi connectivity index (χ0v) is 12.7. The van der Waals surface area contributed by atoms with Crippen LogP contribution in [-0.2, 0) is 4.79 Å². The lowest BCUT2D eigenvalue weighted by molar-refractivity contribution is -0.153. The van der Waals surface area contributed by atoms with Crippen LogP contribution in [-0.4, -0.2) is 29.8 Å². The number of thioether (sulfide) groups is 1. The molecule has 1 amide bonds. The molecule has 0 saturated heterocycles. The maximum absolute atomic E-state index is 12.1. The van der Waals surface area contributed by atoms with Crippen LogP contribution in [0.1, 0.15) is 29.6 Å². The number of rotatable bonds is 5. The van der Waals surface area contributed by atoms with Crippen LogP contribution in [0.3, 0.4) is 0 Å². The van der Waals surface area contributed by atoms with E-state index in [4.69, 9.17) is 11.6 Å². The van der Waals surface area contributed by atoms with Gasteiger partial charge in [0.2, 0.25) is 0 Å². The average Bonchev–Trinajstić information content (AvgIpc) is 2.37. The molecule has 1 aromatic rings. The SMILES string of the molecule is CSc1ccc(Cl)c(C(=O)NCC2(C(=O)O)CCC2)c1. The van der Waals surface area contributed by atoms with Crippen molar-refractivity contribution >= 4 is 35.2 Å². The van der Waals surface area contributed by atoms with Crippen molar-refractivity contribution in [2.75, 3.05) is 12.8 Å². The molecule has 0 heterocycles. The maximum Gasteiger partial charge on any atom is 0.311 e. The molecule has 1 aliphatic carbocycles. The van der Waals surface area contributed by atoms with Gasteiger partial charge in [0.15, 0.2) is 0 Å². The number of carboxylic acids is 1. The van der Waals surface area contributed by atoms with Gasteiger partial charge in [0, 0.05) is 11.4 Å². The highest BCUT2D eigenvalue weighted by Crippen LogP contribution is 2.40. The van der Waals surface area contributed by atoms with Crippen molar-refractivity contribution in [3.05, 3.63) is 28.8 Å². The first-order chi connectivity index (χ1) is 9.48. The lowest BCUT2D eigenvalue weighted by atomic mass is 9.69. The van der Waals surface area contributed by atoms with E-state index in [0.29, 0.717) is 23.4 Å². The second-order valence-electron chi connectivity index (χ2n) is 4.97. The third-order valence-corrected chi connectivity index (χ3v) is 4.82. The molecule has 0 spiro atoms. The maximum atomic E-state index is 12.1. The van der Waals surface area contributed by atoms with E-state index in [9.17, 15) is 14.7 Å². The average molecular weight is 314 g/mol. The predicted octanol–water partition coefficient (Wildman–Crippen LogP) is 3.05. The number of nitrogens with one attached hydrogen (secondary N) is 1. The number of carbonyl (C=O) groups excluding carboxylic acids is 1. The number of benzene rings is 1. The summed E-state index contributed by atoms with van der Waals surface area (Å²) in [4.78, 5) is 24.3. The summed E-state index contributed by atoms with van der Waals surface area (Å²) in [6.07, 6.45) is 4.03. The molecule has 0 aliphatic heterocycles. The fourth-order valence-electron chi connectivity index (χ4n) is 2.22. The van der Waals surface area contributed by atoms with Crippen LogP contribution in [0.2, 0.25) is 5.02 Å². The molecule has 1 fully saturated rings. The van der Waals surface area contributed by atoms with Crippen LogP contribution in [0.4, 0.5) is 0 Å². The molecule has 2 rings (SSSR count). The van der Waals surface area contributed by atoms with Crippen LogP contribution in [0.25, 0.3) is 0 Å². The molecule has 20 heavy (non-hydrogen) atoms. The molecule has 1 aromatic carbocycles. The lowest BCUT2D eigenvalue weighted by Crippen LogP contribution is -2.47. The molecule has 2 N–H and O–H groups in total. The van der Waals surface area contributed by atoms with E-state index in [1.807, 2.05) is 12.3 Å². The molecule has 0 atom stereocenters. The van der Waals surface area contributed by atoms with Crippen LogP contribution in [0.15, 0.2) is 23.1 Å². The van der Waals surface area contributed by atoms with Crippen LogP contribution >= 0.6 is 23.4 Å². The number of carbonyl (C=O) groups is 2. The molecule has 0 radical (unpaired) electrons. The van der Waals surface area contributed by atoms with Gasteiger partial charge in [-0.15, -0.1) is 11.8 Å². The van der Waals surface area contributed by atoms with E-state index in [0.717, 1.165) is 11.3 Å². The van der Waals surface area contributed by atoms with Crippen LogP contribution in [0.5, 0.6) is 0 Å². The van der Waals surface area contributed by atoms with Crippen molar-refractivity contribution in [2.45, 2.75) is 24.2 Å². The smallest absolute Gasteiger partial charge is 0.311 e. The lowest BCUT2D eigenvalue weighted by Gasteiger charge is -2.37. The largest absolute Gasteiger partial charge is 0.481 e. The van der Waals surface area contributed by atoms with Crippen LogP contribution in [0, 0.1) is 5.41 Å².